The summed E-state index contributed by atoms with van der Waals surface area (Å²) in [5.41, 5.74) is 1.07. The number of aliphatic hydroxyl groups excluding tert-OH is 1. The summed E-state index contributed by atoms with van der Waals surface area (Å²) in [6.45, 7) is 0. The van der Waals surface area contributed by atoms with Gasteiger partial charge in [-0.1, -0.05) is 25.0 Å². The molecule has 1 saturated carbocycles. The normalized spacial score (nSPS) is 26.3. The van der Waals surface area contributed by atoms with Crippen LogP contribution in [0.2, 0.25) is 0 Å². The molecule has 0 aromatic heterocycles. The third-order valence-corrected chi connectivity index (χ3v) is 3.64. The zero-order valence-corrected chi connectivity index (χ0v) is 10.2. The Morgan fingerprint density at radius 2 is 1.93 bits per heavy atom. The summed E-state index contributed by atoms with van der Waals surface area (Å²) < 4.78 is 1.06. The van der Waals surface area contributed by atoms with E-state index in [1.165, 1.54) is 6.42 Å². The van der Waals surface area contributed by atoms with Gasteiger partial charge in [-0.3, -0.25) is 0 Å². The minimum absolute atomic E-state index is 0.203. The molecule has 1 aliphatic rings. The van der Waals surface area contributed by atoms with Gasteiger partial charge < -0.3 is 10.4 Å². The van der Waals surface area contributed by atoms with Crippen LogP contribution in [0.25, 0.3) is 0 Å². The van der Waals surface area contributed by atoms with E-state index in [0.29, 0.717) is 0 Å². The van der Waals surface area contributed by atoms with Crippen LogP contribution < -0.4 is 5.32 Å². The maximum Gasteiger partial charge on any atom is 0.0741 e. The second-order valence-electron chi connectivity index (χ2n) is 4.08. The summed E-state index contributed by atoms with van der Waals surface area (Å²) >= 11 is 3.50. The van der Waals surface area contributed by atoms with E-state index in [4.69, 9.17) is 0 Å². The Bertz CT molecular complexity index is 329. The highest BCUT2D eigenvalue weighted by Crippen LogP contribution is 2.26. The fourth-order valence-electron chi connectivity index (χ4n) is 2.06. The van der Waals surface area contributed by atoms with E-state index in [1.54, 1.807) is 0 Å². The van der Waals surface area contributed by atoms with Crippen LogP contribution in [0.1, 0.15) is 25.7 Å². The van der Waals surface area contributed by atoms with Crippen molar-refractivity contribution < 1.29 is 5.11 Å². The number of rotatable bonds is 2. The van der Waals surface area contributed by atoms with Gasteiger partial charge in [-0.25, -0.2) is 0 Å². The standard InChI is InChI=1S/C12H16BrNO/c13-9-5-1-2-6-10(9)14-11-7-3-4-8-12(11)15/h1-2,5-6,11-12,14-15H,3-4,7-8H2. The predicted molar refractivity (Wildman–Crippen MR) is 66.0 cm³/mol. The molecule has 15 heavy (non-hydrogen) atoms. The lowest BCUT2D eigenvalue weighted by molar-refractivity contribution is 0.116. The van der Waals surface area contributed by atoms with Crippen LogP contribution in [0.5, 0.6) is 0 Å². The quantitative estimate of drug-likeness (QED) is 0.865. The molecule has 1 aromatic rings. The molecule has 0 amide bonds. The van der Waals surface area contributed by atoms with E-state index in [1.807, 2.05) is 24.3 Å². The molecule has 0 heterocycles. The van der Waals surface area contributed by atoms with Crippen molar-refractivity contribution in [2.75, 3.05) is 5.32 Å². The van der Waals surface area contributed by atoms with Crippen LogP contribution >= 0.6 is 15.9 Å². The van der Waals surface area contributed by atoms with Crippen molar-refractivity contribution in [2.24, 2.45) is 0 Å². The second-order valence-corrected chi connectivity index (χ2v) is 4.94. The Kier molecular flexibility index (Phi) is 3.65. The first-order valence-corrected chi connectivity index (χ1v) is 6.26. The van der Waals surface area contributed by atoms with Crippen molar-refractivity contribution in [3.05, 3.63) is 28.7 Å². The smallest absolute Gasteiger partial charge is 0.0741 e. The molecule has 2 rings (SSSR count). The van der Waals surface area contributed by atoms with E-state index >= 15 is 0 Å². The van der Waals surface area contributed by atoms with E-state index < -0.39 is 0 Å². The van der Waals surface area contributed by atoms with Gasteiger partial charge in [0, 0.05) is 10.2 Å². The highest BCUT2D eigenvalue weighted by atomic mass is 79.9. The average molecular weight is 270 g/mol. The third-order valence-electron chi connectivity index (χ3n) is 2.94. The highest BCUT2D eigenvalue weighted by molar-refractivity contribution is 9.10. The molecule has 0 spiro atoms. The molecule has 2 unspecified atom stereocenters. The maximum atomic E-state index is 9.84. The molecule has 3 heteroatoms. The van der Waals surface area contributed by atoms with Crippen LogP contribution in [0.4, 0.5) is 5.69 Å². The SMILES string of the molecule is OC1CCCCC1Nc1ccccc1Br. The number of benzene rings is 1. The summed E-state index contributed by atoms with van der Waals surface area (Å²) in [5, 5.41) is 13.2. The zero-order valence-electron chi connectivity index (χ0n) is 8.62. The zero-order chi connectivity index (χ0) is 10.7. The van der Waals surface area contributed by atoms with Gasteiger partial charge in [0.1, 0.15) is 0 Å². The molecule has 2 N–H and O–H groups in total. The van der Waals surface area contributed by atoms with Gasteiger partial charge in [0.25, 0.3) is 0 Å². The van der Waals surface area contributed by atoms with Gasteiger partial charge in [0.15, 0.2) is 0 Å². The van der Waals surface area contributed by atoms with E-state index in [0.717, 1.165) is 29.4 Å². The lowest BCUT2D eigenvalue weighted by atomic mass is 9.92. The first kappa shape index (κ1) is 11.0. The molecule has 1 fully saturated rings. The number of aliphatic hydroxyl groups is 1. The Labute approximate surface area is 98.8 Å². The van der Waals surface area contributed by atoms with Crippen molar-refractivity contribution in [3.63, 3.8) is 0 Å². The fraction of sp³-hybridized carbons (Fsp3) is 0.500. The van der Waals surface area contributed by atoms with E-state index in [2.05, 4.69) is 21.2 Å². The lowest BCUT2D eigenvalue weighted by Gasteiger charge is -2.29. The Morgan fingerprint density at radius 1 is 1.20 bits per heavy atom. The summed E-state index contributed by atoms with van der Waals surface area (Å²) in [7, 11) is 0. The Balaban J connectivity index is 2.04. The number of halogens is 1. The van der Waals surface area contributed by atoms with Crippen LogP contribution in [-0.2, 0) is 0 Å². The van der Waals surface area contributed by atoms with Crippen LogP contribution in [0.3, 0.4) is 0 Å². The summed E-state index contributed by atoms with van der Waals surface area (Å²) in [5.74, 6) is 0. The molecule has 2 nitrogen and oxygen atoms in total. The maximum absolute atomic E-state index is 9.84. The summed E-state index contributed by atoms with van der Waals surface area (Å²) in [4.78, 5) is 0. The van der Waals surface area contributed by atoms with Crippen molar-refractivity contribution >= 4 is 21.6 Å². The predicted octanol–water partition coefficient (Wildman–Crippen LogP) is 3.16. The van der Waals surface area contributed by atoms with Crippen molar-refractivity contribution in [1.82, 2.24) is 0 Å². The molecule has 0 radical (unpaired) electrons. The number of hydrogen-bond acceptors (Lipinski definition) is 2. The molecule has 0 bridgehead atoms. The number of nitrogens with one attached hydrogen (secondary N) is 1. The monoisotopic (exact) mass is 269 g/mol. The van der Waals surface area contributed by atoms with Gasteiger partial charge in [-0.2, -0.15) is 0 Å². The van der Waals surface area contributed by atoms with E-state index in [-0.39, 0.29) is 12.1 Å². The largest absolute Gasteiger partial charge is 0.391 e. The fourth-order valence-corrected chi connectivity index (χ4v) is 2.46. The molecule has 0 aliphatic heterocycles. The molecule has 1 aliphatic carbocycles. The molecule has 2 atom stereocenters. The summed E-state index contributed by atoms with van der Waals surface area (Å²) in [6.07, 6.45) is 4.13. The average Bonchev–Trinajstić information content (AvgIpc) is 2.24. The number of hydrogen-bond donors (Lipinski definition) is 2. The summed E-state index contributed by atoms with van der Waals surface area (Å²) in [6, 6.07) is 8.25. The molecule has 82 valence electrons. The molecule has 1 aromatic carbocycles. The van der Waals surface area contributed by atoms with E-state index in [9.17, 15) is 5.11 Å². The molecule has 0 saturated heterocycles. The van der Waals surface area contributed by atoms with Gasteiger partial charge in [-0.15, -0.1) is 0 Å². The second kappa shape index (κ2) is 4.99. The van der Waals surface area contributed by atoms with Crippen molar-refractivity contribution in [1.29, 1.82) is 0 Å². The van der Waals surface area contributed by atoms with Crippen LogP contribution in [0.15, 0.2) is 28.7 Å². The van der Waals surface area contributed by atoms with Gasteiger partial charge >= 0.3 is 0 Å². The van der Waals surface area contributed by atoms with Gasteiger partial charge in [-0.05, 0) is 40.9 Å². The van der Waals surface area contributed by atoms with Crippen LogP contribution in [0, 0.1) is 0 Å². The molecular weight excluding hydrogens is 254 g/mol. The minimum Gasteiger partial charge on any atom is -0.391 e. The third kappa shape index (κ3) is 2.73. The number of para-hydroxylation sites is 1. The Hall–Kier alpha value is -0.540. The molecular formula is C12H16BrNO. The van der Waals surface area contributed by atoms with Crippen molar-refractivity contribution in [3.8, 4) is 0 Å². The van der Waals surface area contributed by atoms with Crippen LogP contribution in [-0.4, -0.2) is 17.3 Å². The first-order chi connectivity index (χ1) is 7.27. The van der Waals surface area contributed by atoms with Crippen molar-refractivity contribution in [2.45, 2.75) is 37.8 Å². The minimum atomic E-state index is -0.203. The first-order valence-electron chi connectivity index (χ1n) is 5.46. The lowest BCUT2D eigenvalue weighted by Crippen LogP contribution is -2.36. The highest BCUT2D eigenvalue weighted by Gasteiger charge is 2.22. The number of anilines is 1. The Morgan fingerprint density at radius 3 is 2.67 bits per heavy atom. The topological polar surface area (TPSA) is 32.3 Å². The van der Waals surface area contributed by atoms with Gasteiger partial charge in [0.2, 0.25) is 0 Å². The van der Waals surface area contributed by atoms with Gasteiger partial charge in [0.05, 0.1) is 12.1 Å².